The van der Waals surface area contributed by atoms with Crippen LogP contribution >= 0.6 is 0 Å². The number of hydrogen-bond donors (Lipinski definition) is 0. The Kier molecular flexibility index (Phi) is 7.66. The molecule has 0 radical (unpaired) electrons. The highest BCUT2D eigenvalue weighted by Gasteiger charge is 2.09. The summed E-state index contributed by atoms with van der Waals surface area (Å²) in [7, 11) is 0. The van der Waals surface area contributed by atoms with Crippen molar-refractivity contribution in [2.24, 2.45) is 0 Å². The molecular formula is C16H26FN. The third-order valence-electron chi connectivity index (χ3n) is 3.28. The molecule has 1 nitrogen and oxygen atoms in total. The van der Waals surface area contributed by atoms with Crippen LogP contribution in [-0.2, 0) is 0 Å². The molecule has 0 aromatic rings. The normalized spacial score (nSPS) is 19.7. The number of likely N-dealkylation sites (tertiary alicyclic amines) is 1. The Bertz CT molecular complexity index is 305. The average Bonchev–Trinajstić information content (AvgIpc) is 2.36. The predicted octanol–water partition coefficient (Wildman–Crippen LogP) is 4.63. The summed E-state index contributed by atoms with van der Waals surface area (Å²) in [5, 5.41) is 0. The van der Waals surface area contributed by atoms with Gasteiger partial charge in [-0.15, -0.1) is 0 Å². The van der Waals surface area contributed by atoms with Crippen LogP contribution in [0.1, 0.15) is 46.0 Å². The molecule has 18 heavy (non-hydrogen) atoms. The summed E-state index contributed by atoms with van der Waals surface area (Å²) in [4.78, 5) is 2.53. The SMILES string of the molecule is C/C=C/C=C(\C=C(/C)F)CCCN1CCCCC1. The van der Waals surface area contributed by atoms with Crippen LogP contribution in [0, 0.1) is 0 Å². The first-order chi connectivity index (χ1) is 8.72. The first-order valence-electron chi connectivity index (χ1n) is 7.10. The molecule has 0 aromatic heterocycles. The molecule has 2 heteroatoms. The summed E-state index contributed by atoms with van der Waals surface area (Å²) >= 11 is 0. The zero-order valence-corrected chi connectivity index (χ0v) is 11.8. The molecule has 0 spiro atoms. The van der Waals surface area contributed by atoms with Crippen molar-refractivity contribution in [3.8, 4) is 0 Å². The van der Waals surface area contributed by atoms with Crippen LogP contribution in [-0.4, -0.2) is 24.5 Å². The molecule has 102 valence electrons. The highest BCUT2D eigenvalue weighted by molar-refractivity contribution is 5.24. The van der Waals surface area contributed by atoms with Crippen LogP contribution in [0.25, 0.3) is 0 Å². The van der Waals surface area contributed by atoms with Crippen LogP contribution < -0.4 is 0 Å². The minimum atomic E-state index is -0.108. The maximum absolute atomic E-state index is 12.9. The molecule has 0 atom stereocenters. The summed E-state index contributed by atoms with van der Waals surface area (Å²) in [6.45, 7) is 7.12. The summed E-state index contributed by atoms with van der Waals surface area (Å²) in [6.07, 6.45) is 13.8. The molecule has 0 bridgehead atoms. The molecule has 0 saturated carbocycles. The van der Waals surface area contributed by atoms with E-state index in [0.29, 0.717) is 0 Å². The van der Waals surface area contributed by atoms with Crippen molar-refractivity contribution in [3.63, 3.8) is 0 Å². The van der Waals surface area contributed by atoms with Gasteiger partial charge >= 0.3 is 0 Å². The number of allylic oxidation sites excluding steroid dienone is 6. The van der Waals surface area contributed by atoms with E-state index in [4.69, 9.17) is 0 Å². The zero-order valence-electron chi connectivity index (χ0n) is 11.8. The van der Waals surface area contributed by atoms with E-state index < -0.39 is 0 Å². The molecule has 0 aliphatic carbocycles. The molecule has 0 aromatic carbocycles. The van der Waals surface area contributed by atoms with Gasteiger partial charge < -0.3 is 4.90 Å². The Labute approximate surface area is 111 Å². The van der Waals surface area contributed by atoms with Crippen molar-refractivity contribution >= 4 is 0 Å². The monoisotopic (exact) mass is 251 g/mol. The lowest BCUT2D eigenvalue weighted by Gasteiger charge is -2.26. The van der Waals surface area contributed by atoms with Gasteiger partial charge in [-0.05, 0) is 70.8 Å². The van der Waals surface area contributed by atoms with E-state index in [-0.39, 0.29) is 5.83 Å². The number of halogens is 1. The number of hydrogen-bond acceptors (Lipinski definition) is 1. The Hall–Kier alpha value is -0.890. The maximum Gasteiger partial charge on any atom is 0.0971 e. The summed E-state index contributed by atoms with van der Waals surface area (Å²) in [5.74, 6) is -0.108. The molecule has 1 aliphatic rings. The average molecular weight is 251 g/mol. The van der Waals surface area contributed by atoms with Crippen molar-refractivity contribution in [3.05, 3.63) is 35.7 Å². The second-order valence-corrected chi connectivity index (χ2v) is 5.00. The number of rotatable bonds is 6. The third-order valence-corrected chi connectivity index (χ3v) is 3.28. The highest BCUT2D eigenvalue weighted by Crippen LogP contribution is 2.14. The molecular weight excluding hydrogens is 225 g/mol. The van der Waals surface area contributed by atoms with Gasteiger partial charge in [-0.2, -0.15) is 0 Å². The van der Waals surface area contributed by atoms with E-state index in [0.717, 1.165) is 25.0 Å². The Morgan fingerprint density at radius 3 is 2.56 bits per heavy atom. The van der Waals surface area contributed by atoms with Gasteiger partial charge in [0.1, 0.15) is 0 Å². The van der Waals surface area contributed by atoms with Crippen molar-refractivity contribution in [2.45, 2.75) is 46.0 Å². The van der Waals surface area contributed by atoms with Crippen LogP contribution in [0.4, 0.5) is 4.39 Å². The van der Waals surface area contributed by atoms with Gasteiger partial charge in [-0.1, -0.05) is 24.6 Å². The van der Waals surface area contributed by atoms with Gasteiger partial charge in [0.15, 0.2) is 0 Å². The van der Waals surface area contributed by atoms with Gasteiger partial charge in [0.05, 0.1) is 5.83 Å². The fourth-order valence-corrected chi connectivity index (χ4v) is 2.37. The van der Waals surface area contributed by atoms with Gasteiger partial charge in [0.2, 0.25) is 0 Å². The van der Waals surface area contributed by atoms with E-state index in [2.05, 4.69) is 4.90 Å². The molecule has 1 rings (SSSR count). The molecule has 1 aliphatic heterocycles. The third kappa shape index (κ3) is 6.75. The van der Waals surface area contributed by atoms with Crippen molar-refractivity contribution in [1.82, 2.24) is 4.90 Å². The molecule has 1 saturated heterocycles. The van der Waals surface area contributed by atoms with E-state index in [9.17, 15) is 4.39 Å². The van der Waals surface area contributed by atoms with Crippen molar-refractivity contribution < 1.29 is 4.39 Å². The van der Waals surface area contributed by atoms with Crippen molar-refractivity contribution in [2.75, 3.05) is 19.6 Å². The predicted molar refractivity (Wildman–Crippen MR) is 77.3 cm³/mol. The van der Waals surface area contributed by atoms with Gasteiger partial charge in [0.25, 0.3) is 0 Å². The molecule has 1 heterocycles. The topological polar surface area (TPSA) is 3.24 Å². The summed E-state index contributed by atoms with van der Waals surface area (Å²) < 4.78 is 12.9. The van der Waals surface area contributed by atoms with E-state index >= 15 is 0 Å². The van der Waals surface area contributed by atoms with E-state index in [1.807, 2.05) is 25.2 Å². The Morgan fingerprint density at radius 2 is 1.94 bits per heavy atom. The van der Waals surface area contributed by atoms with Gasteiger partial charge in [0, 0.05) is 0 Å². The van der Waals surface area contributed by atoms with Gasteiger partial charge in [-0.25, -0.2) is 4.39 Å². The minimum absolute atomic E-state index is 0.108. The van der Waals surface area contributed by atoms with Gasteiger partial charge in [-0.3, -0.25) is 0 Å². The maximum atomic E-state index is 12.9. The second kappa shape index (κ2) is 9.09. The standard InChI is InChI=1S/C16H26FN/c1-3-4-9-16(14-15(2)17)10-8-13-18-11-6-5-7-12-18/h3-4,9,14H,5-8,10-13H2,1-2H3/b4-3+,15-14+,16-9-. The zero-order chi connectivity index (χ0) is 13.2. The van der Waals surface area contributed by atoms with Crippen LogP contribution in [0.15, 0.2) is 35.7 Å². The first-order valence-corrected chi connectivity index (χ1v) is 7.10. The second-order valence-electron chi connectivity index (χ2n) is 5.00. The van der Waals surface area contributed by atoms with Crippen LogP contribution in [0.3, 0.4) is 0 Å². The lowest BCUT2D eigenvalue weighted by Crippen LogP contribution is -2.30. The molecule has 0 unspecified atom stereocenters. The quantitative estimate of drug-likeness (QED) is 0.622. The Morgan fingerprint density at radius 1 is 1.22 bits per heavy atom. The fraction of sp³-hybridized carbons (Fsp3) is 0.625. The number of nitrogens with zero attached hydrogens (tertiary/aromatic N) is 1. The lowest BCUT2D eigenvalue weighted by molar-refractivity contribution is 0.226. The van der Waals surface area contributed by atoms with Crippen LogP contribution in [0.2, 0.25) is 0 Å². The largest absolute Gasteiger partial charge is 0.303 e. The van der Waals surface area contributed by atoms with Crippen LogP contribution in [0.5, 0.6) is 0 Å². The summed E-state index contributed by atoms with van der Waals surface area (Å²) in [6, 6.07) is 0. The smallest absolute Gasteiger partial charge is 0.0971 e. The van der Waals surface area contributed by atoms with E-state index in [1.165, 1.54) is 39.3 Å². The first kappa shape index (κ1) is 15.2. The fourth-order valence-electron chi connectivity index (χ4n) is 2.37. The van der Waals surface area contributed by atoms with Crippen molar-refractivity contribution in [1.29, 1.82) is 0 Å². The minimum Gasteiger partial charge on any atom is -0.303 e. The lowest BCUT2D eigenvalue weighted by atomic mass is 10.1. The van der Waals surface area contributed by atoms with E-state index in [1.54, 1.807) is 6.08 Å². The number of piperidine rings is 1. The molecule has 0 N–H and O–H groups in total. The molecule has 1 fully saturated rings. The summed E-state index contributed by atoms with van der Waals surface area (Å²) in [5.41, 5.74) is 1.09. The Balaban J connectivity index is 2.34. The molecule has 0 amide bonds. The highest BCUT2D eigenvalue weighted by atomic mass is 19.1.